The van der Waals surface area contributed by atoms with Crippen LogP contribution in [-0.4, -0.2) is 50.6 Å². The molecule has 8 heteroatoms. The molecule has 25 heavy (non-hydrogen) atoms. The van der Waals surface area contributed by atoms with Gasteiger partial charge in [-0.15, -0.1) is 0 Å². The summed E-state index contributed by atoms with van der Waals surface area (Å²) < 4.78 is 9.91. The van der Waals surface area contributed by atoms with Gasteiger partial charge in [-0.3, -0.25) is 9.48 Å². The summed E-state index contributed by atoms with van der Waals surface area (Å²) in [5.74, 6) is 0.722. The number of nitrogens with zero attached hydrogens (tertiary/aromatic N) is 5. The minimum absolute atomic E-state index is 0.0280. The Morgan fingerprint density at radius 1 is 1.40 bits per heavy atom. The minimum Gasteiger partial charge on any atom is -0.481 e. The highest BCUT2D eigenvalue weighted by molar-refractivity contribution is 9.10. The van der Waals surface area contributed by atoms with E-state index in [0.29, 0.717) is 18.0 Å². The van der Waals surface area contributed by atoms with Gasteiger partial charge in [-0.2, -0.15) is 10.2 Å². The van der Waals surface area contributed by atoms with Gasteiger partial charge < -0.3 is 9.64 Å². The average molecular weight is 404 g/mol. The molecule has 0 radical (unpaired) electrons. The van der Waals surface area contributed by atoms with Gasteiger partial charge in [-0.05, 0) is 40.5 Å². The number of aromatic nitrogens is 4. The lowest BCUT2D eigenvalue weighted by molar-refractivity contribution is 0.0787. The lowest BCUT2D eigenvalue weighted by atomic mass is 10.1. The fourth-order valence-electron chi connectivity index (χ4n) is 3.39. The Morgan fingerprint density at radius 2 is 2.24 bits per heavy atom. The molecule has 1 amide bonds. The maximum atomic E-state index is 12.9. The Kier molecular flexibility index (Phi) is 3.99. The molecule has 1 atom stereocenters. The number of rotatable bonds is 3. The molecule has 0 aliphatic carbocycles. The summed E-state index contributed by atoms with van der Waals surface area (Å²) in [5, 5.41) is 9.66. The van der Waals surface area contributed by atoms with Crippen LogP contribution in [-0.2, 0) is 7.05 Å². The lowest BCUT2D eigenvalue weighted by Crippen LogP contribution is -2.29. The van der Waals surface area contributed by atoms with Crippen LogP contribution < -0.4 is 4.74 Å². The molecule has 1 aromatic carbocycles. The second kappa shape index (κ2) is 6.18. The maximum Gasteiger partial charge on any atom is 0.254 e. The van der Waals surface area contributed by atoms with Crippen LogP contribution in [0.2, 0.25) is 0 Å². The largest absolute Gasteiger partial charge is 0.481 e. The van der Waals surface area contributed by atoms with E-state index in [0.717, 1.165) is 28.3 Å². The van der Waals surface area contributed by atoms with Gasteiger partial charge in [-0.1, -0.05) is 0 Å². The zero-order valence-electron chi connectivity index (χ0n) is 14.0. The van der Waals surface area contributed by atoms with E-state index < -0.39 is 0 Å². The smallest absolute Gasteiger partial charge is 0.254 e. The standard InChI is InChI=1S/C17H18BrN5O2/c1-21-17(25-2)14-4-3-11(7-15(14)20-21)16(24)22-6-5-13(10-22)23-9-12(18)8-19-23/h3-4,7-9,13H,5-6,10H2,1-2H3. The van der Waals surface area contributed by atoms with E-state index in [1.54, 1.807) is 18.0 Å². The zero-order valence-corrected chi connectivity index (χ0v) is 15.6. The van der Waals surface area contributed by atoms with Crippen LogP contribution in [0.3, 0.4) is 0 Å². The fraction of sp³-hybridized carbons (Fsp3) is 0.353. The van der Waals surface area contributed by atoms with Gasteiger partial charge in [0.05, 0.1) is 34.7 Å². The minimum atomic E-state index is 0.0280. The summed E-state index contributed by atoms with van der Waals surface area (Å²) in [4.78, 5) is 14.7. The number of carbonyl (C=O) groups is 1. The van der Waals surface area contributed by atoms with E-state index in [1.165, 1.54) is 0 Å². The normalized spacial score (nSPS) is 17.4. The van der Waals surface area contributed by atoms with Gasteiger partial charge in [0, 0.05) is 31.9 Å². The third-order valence-corrected chi connectivity index (χ3v) is 5.02. The van der Waals surface area contributed by atoms with Crippen LogP contribution in [0.15, 0.2) is 35.1 Å². The van der Waals surface area contributed by atoms with Crippen molar-refractivity contribution < 1.29 is 9.53 Å². The number of aryl methyl sites for hydroxylation is 1. The van der Waals surface area contributed by atoms with Crippen molar-refractivity contribution in [3.05, 3.63) is 40.6 Å². The van der Waals surface area contributed by atoms with Gasteiger partial charge in [0.2, 0.25) is 5.88 Å². The monoisotopic (exact) mass is 403 g/mol. The third-order valence-electron chi connectivity index (χ3n) is 4.61. The van der Waals surface area contributed by atoms with Crippen LogP contribution in [0, 0.1) is 0 Å². The van der Waals surface area contributed by atoms with E-state index in [2.05, 4.69) is 26.1 Å². The van der Waals surface area contributed by atoms with Crippen LogP contribution in [0.1, 0.15) is 22.8 Å². The van der Waals surface area contributed by atoms with Crippen molar-refractivity contribution in [2.24, 2.45) is 7.05 Å². The molecule has 1 aliphatic rings. The van der Waals surface area contributed by atoms with E-state index in [4.69, 9.17) is 4.74 Å². The third kappa shape index (κ3) is 2.80. The SMILES string of the molecule is COc1c2ccc(C(=O)N3CCC(n4cc(Br)cn4)C3)cc2nn1C. The number of likely N-dealkylation sites (tertiary alicyclic amines) is 1. The highest BCUT2D eigenvalue weighted by Crippen LogP contribution is 2.28. The first-order chi connectivity index (χ1) is 12.1. The second-order valence-electron chi connectivity index (χ2n) is 6.20. The predicted octanol–water partition coefficient (Wildman–Crippen LogP) is 2.63. The van der Waals surface area contributed by atoms with Crippen molar-refractivity contribution in [3.8, 4) is 5.88 Å². The highest BCUT2D eigenvalue weighted by atomic mass is 79.9. The van der Waals surface area contributed by atoms with E-state index in [9.17, 15) is 4.79 Å². The average Bonchev–Trinajstić information content (AvgIpc) is 3.30. The zero-order chi connectivity index (χ0) is 17.6. The van der Waals surface area contributed by atoms with Crippen molar-refractivity contribution in [1.29, 1.82) is 0 Å². The molecule has 1 fully saturated rings. The quantitative estimate of drug-likeness (QED) is 0.673. The first-order valence-corrected chi connectivity index (χ1v) is 8.86. The number of benzene rings is 1. The Bertz CT molecular complexity index is 948. The van der Waals surface area contributed by atoms with Crippen LogP contribution in [0.5, 0.6) is 5.88 Å². The second-order valence-corrected chi connectivity index (χ2v) is 7.11. The van der Waals surface area contributed by atoms with Gasteiger partial charge in [0.25, 0.3) is 5.91 Å². The summed E-state index contributed by atoms with van der Waals surface area (Å²) in [6.45, 7) is 1.39. The lowest BCUT2D eigenvalue weighted by Gasteiger charge is -2.16. The Balaban J connectivity index is 1.56. The molecule has 0 bridgehead atoms. The highest BCUT2D eigenvalue weighted by Gasteiger charge is 2.29. The van der Waals surface area contributed by atoms with Crippen LogP contribution in [0.4, 0.5) is 0 Å². The van der Waals surface area contributed by atoms with Crippen molar-refractivity contribution in [2.45, 2.75) is 12.5 Å². The summed E-state index contributed by atoms with van der Waals surface area (Å²) >= 11 is 3.41. The number of carbonyl (C=O) groups excluding carboxylic acids is 1. The fourth-order valence-corrected chi connectivity index (χ4v) is 3.69. The predicted molar refractivity (Wildman–Crippen MR) is 96.8 cm³/mol. The summed E-state index contributed by atoms with van der Waals surface area (Å²) in [5.41, 5.74) is 1.41. The molecule has 4 rings (SSSR count). The van der Waals surface area contributed by atoms with Crippen LogP contribution in [0.25, 0.3) is 10.9 Å². The number of hydrogen-bond donors (Lipinski definition) is 0. The number of amides is 1. The molecule has 0 spiro atoms. The molecule has 1 unspecified atom stereocenters. The topological polar surface area (TPSA) is 65.2 Å². The molecule has 130 valence electrons. The molecule has 1 saturated heterocycles. The van der Waals surface area contributed by atoms with E-state index in [1.807, 2.05) is 41.0 Å². The van der Waals surface area contributed by atoms with Gasteiger partial charge >= 0.3 is 0 Å². The number of methoxy groups -OCH3 is 1. The number of ether oxygens (including phenoxy) is 1. The maximum absolute atomic E-state index is 12.9. The number of halogens is 1. The molecule has 1 aliphatic heterocycles. The van der Waals surface area contributed by atoms with Crippen LogP contribution >= 0.6 is 15.9 Å². The molecular formula is C17H18BrN5O2. The summed E-state index contributed by atoms with van der Waals surface area (Å²) in [6.07, 6.45) is 4.62. The molecule has 3 heterocycles. The van der Waals surface area contributed by atoms with Crippen molar-refractivity contribution in [1.82, 2.24) is 24.5 Å². The number of fused-ring (bicyclic) bond motifs is 1. The van der Waals surface area contributed by atoms with E-state index >= 15 is 0 Å². The molecule has 0 N–H and O–H groups in total. The van der Waals surface area contributed by atoms with Gasteiger partial charge in [0.1, 0.15) is 0 Å². The van der Waals surface area contributed by atoms with E-state index in [-0.39, 0.29) is 11.9 Å². The van der Waals surface area contributed by atoms with Gasteiger partial charge in [0.15, 0.2) is 0 Å². The summed E-state index contributed by atoms with van der Waals surface area (Å²) in [7, 11) is 3.45. The summed E-state index contributed by atoms with van der Waals surface area (Å²) in [6, 6.07) is 5.78. The molecule has 2 aromatic heterocycles. The molecule has 0 saturated carbocycles. The molecule has 7 nitrogen and oxygen atoms in total. The molecule has 3 aromatic rings. The number of hydrogen-bond acceptors (Lipinski definition) is 4. The van der Waals surface area contributed by atoms with Crippen molar-refractivity contribution in [3.63, 3.8) is 0 Å². The first kappa shape index (κ1) is 16.1. The van der Waals surface area contributed by atoms with Gasteiger partial charge in [-0.25, -0.2) is 4.68 Å². The van der Waals surface area contributed by atoms with Crippen molar-refractivity contribution in [2.75, 3.05) is 20.2 Å². The molecular weight excluding hydrogens is 386 g/mol. The Morgan fingerprint density at radius 3 is 2.96 bits per heavy atom. The Labute approximate surface area is 153 Å². The Hall–Kier alpha value is -2.35. The first-order valence-electron chi connectivity index (χ1n) is 8.06. The van der Waals surface area contributed by atoms with Crippen molar-refractivity contribution >= 4 is 32.7 Å².